The summed E-state index contributed by atoms with van der Waals surface area (Å²) in [5.41, 5.74) is 7.66. The Hall–Kier alpha value is -4.71. The average Bonchev–Trinajstić information content (AvgIpc) is 3.48. The van der Waals surface area contributed by atoms with E-state index in [1.54, 1.807) is 4.90 Å². The number of carbonyl (C=O) groups excluding carboxylic acids is 1. The van der Waals surface area contributed by atoms with E-state index in [2.05, 4.69) is 9.67 Å². The minimum atomic E-state index is -1.18. The van der Waals surface area contributed by atoms with Gasteiger partial charge in [0.05, 0.1) is 47.8 Å². The quantitative estimate of drug-likeness (QED) is 0.124. The van der Waals surface area contributed by atoms with E-state index in [1.807, 2.05) is 63.7 Å². The molecule has 5 aromatic rings. The molecule has 0 radical (unpaired) electrons. The number of fused-ring (bicyclic) bond motifs is 3. The Labute approximate surface area is 312 Å². The number of aromatic nitrogens is 3. The highest BCUT2D eigenvalue weighted by atomic mass is 35.5. The normalized spacial score (nSPS) is 13.0. The highest BCUT2D eigenvalue weighted by Crippen LogP contribution is 2.45. The van der Waals surface area contributed by atoms with Crippen LogP contribution in [0.1, 0.15) is 61.8 Å². The topological polar surface area (TPSA) is 128 Å². The van der Waals surface area contributed by atoms with Crippen molar-refractivity contribution in [3.63, 3.8) is 0 Å². The zero-order chi connectivity index (χ0) is 37.4. The fraction of sp³-hybridized carbons (Fsp3) is 0.359. The van der Waals surface area contributed by atoms with Crippen molar-refractivity contribution in [3.8, 4) is 28.4 Å². The largest absolute Gasteiger partial charge is 0.494 e. The maximum Gasteiger partial charge on any atom is 0.335 e. The molecule has 6 rings (SSSR count). The molecule has 1 aliphatic rings. The smallest absolute Gasteiger partial charge is 0.335 e. The molecule has 1 aliphatic heterocycles. The molecule has 52 heavy (non-hydrogen) atoms. The van der Waals surface area contributed by atoms with Gasteiger partial charge in [0.15, 0.2) is 11.5 Å². The van der Waals surface area contributed by atoms with Crippen LogP contribution < -0.4 is 19.1 Å². The summed E-state index contributed by atoms with van der Waals surface area (Å²) in [6, 6.07) is 10.4. The molecule has 0 fully saturated rings. The van der Waals surface area contributed by atoms with Gasteiger partial charge in [0.25, 0.3) is 5.91 Å². The second-order valence-corrected chi connectivity index (χ2v) is 13.8. The second-order valence-electron chi connectivity index (χ2n) is 13.0. The predicted octanol–water partition coefficient (Wildman–Crippen LogP) is 7.72. The van der Waals surface area contributed by atoms with E-state index in [1.165, 1.54) is 19.2 Å². The van der Waals surface area contributed by atoms with Crippen LogP contribution in [-0.4, -0.2) is 69.9 Å². The molecule has 2 N–H and O–H groups in total. The number of aromatic carboxylic acids is 1. The van der Waals surface area contributed by atoms with Gasteiger partial charge in [-0.3, -0.25) is 9.48 Å². The molecule has 0 atom stereocenters. The summed E-state index contributed by atoms with van der Waals surface area (Å²) in [5.74, 6) is -0.469. The summed E-state index contributed by atoms with van der Waals surface area (Å²) >= 11 is 13.4. The zero-order valence-electron chi connectivity index (χ0n) is 30.1. The number of carbonyl (C=O) groups is 2. The summed E-state index contributed by atoms with van der Waals surface area (Å²) in [6.07, 6.45) is 1.63. The summed E-state index contributed by atoms with van der Waals surface area (Å²) in [6.45, 7) is 8.61. The lowest BCUT2D eigenvalue weighted by atomic mass is 9.98. The third-order valence-corrected chi connectivity index (χ3v) is 10.5. The van der Waals surface area contributed by atoms with E-state index in [0.717, 1.165) is 55.9 Å². The van der Waals surface area contributed by atoms with Crippen LogP contribution in [0.4, 0.5) is 5.69 Å². The predicted molar refractivity (Wildman–Crippen MR) is 202 cm³/mol. The first-order valence-electron chi connectivity index (χ1n) is 17.1. The van der Waals surface area contributed by atoms with Gasteiger partial charge in [-0.05, 0) is 94.0 Å². The highest BCUT2D eigenvalue weighted by molar-refractivity contribution is 6.35. The highest BCUT2D eigenvalue weighted by Gasteiger charge is 2.34. The number of aliphatic hydroxyl groups excluding tert-OH is 1. The number of benzene rings is 3. The van der Waals surface area contributed by atoms with Crippen LogP contribution in [0.25, 0.3) is 22.0 Å². The number of rotatable bonds is 12. The maximum absolute atomic E-state index is 15.1. The second kappa shape index (κ2) is 15.1. The molecule has 3 heterocycles. The van der Waals surface area contributed by atoms with Crippen molar-refractivity contribution in [1.82, 2.24) is 14.3 Å². The molecule has 11 nitrogen and oxygen atoms in total. The van der Waals surface area contributed by atoms with Crippen LogP contribution in [0, 0.1) is 27.7 Å². The van der Waals surface area contributed by atoms with Crippen molar-refractivity contribution in [2.75, 3.05) is 38.4 Å². The summed E-state index contributed by atoms with van der Waals surface area (Å²) in [4.78, 5) is 28.9. The van der Waals surface area contributed by atoms with Gasteiger partial charge < -0.3 is 33.9 Å². The Morgan fingerprint density at radius 1 is 0.981 bits per heavy atom. The molecule has 1 amide bonds. The first kappa shape index (κ1) is 37.1. The maximum atomic E-state index is 15.1. The van der Waals surface area contributed by atoms with Gasteiger partial charge in [0, 0.05) is 47.4 Å². The van der Waals surface area contributed by atoms with Crippen LogP contribution >= 0.6 is 23.2 Å². The van der Waals surface area contributed by atoms with Crippen LogP contribution in [0.2, 0.25) is 10.0 Å². The fourth-order valence-corrected chi connectivity index (χ4v) is 7.57. The number of hydrogen-bond acceptors (Lipinski definition) is 7. The lowest BCUT2D eigenvalue weighted by Gasteiger charge is -2.25. The van der Waals surface area contributed by atoms with Crippen LogP contribution in [0.3, 0.4) is 0 Å². The Balaban J connectivity index is 1.52. The van der Waals surface area contributed by atoms with Crippen LogP contribution in [0.15, 0.2) is 36.4 Å². The monoisotopic (exact) mass is 748 g/mol. The number of nitrogens with zero attached hydrogens (tertiary/aromatic N) is 4. The zero-order valence-corrected chi connectivity index (χ0v) is 31.6. The molecule has 0 spiro atoms. The Bertz CT molecular complexity index is 2180. The van der Waals surface area contributed by atoms with E-state index in [-0.39, 0.29) is 48.4 Å². The number of carboxylic acid groups (broad SMARTS) is 1. The van der Waals surface area contributed by atoms with Crippen molar-refractivity contribution in [1.29, 1.82) is 0 Å². The van der Waals surface area contributed by atoms with Gasteiger partial charge in [0.2, 0.25) is 0 Å². The van der Waals surface area contributed by atoms with E-state index in [0.29, 0.717) is 48.2 Å². The third-order valence-electron chi connectivity index (χ3n) is 9.63. The summed E-state index contributed by atoms with van der Waals surface area (Å²) in [5, 5.41) is 26.4. The number of aryl methyl sites for hydroxylation is 6. The lowest BCUT2D eigenvalue weighted by Crippen LogP contribution is -2.32. The van der Waals surface area contributed by atoms with E-state index < -0.39 is 5.97 Å². The van der Waals surface area contributed by atoms with Crippen molar-refractivity contribution >= 4 is 51.7 Å². The van der Waals surface area contributed by atoms with Gasteiger partial charge in [-0.15, -0.1) is 0 Å². The number of carboxylic acids is 1. The Morgan fingerprint density at radius 3 is 2.35 bits per heavy atom. The van der Waals surface area contributed by atoms with Crippen molar-refractivity contribution < 1.29 is 34.0 Å². The fourth-order valence-electron chi connectivity index (χ4n) is 7.22. The molecular weight excluding hydrogens is 707 g/mol. The molecular formula is C39H42Cl2N4O7. The standard InChI is InChI=1S/C39H42Cl2N4O7/c1-21-17-26(18-22(2)34(21)41)51-15-7-9-27-28-10-11-29(40)33(32-23(3)42-43(5)24(32)4)35(28)45-13-8-12-44(38(47)36(27)45)30-19-25(39(48)49)20-31(50-6)37(30)52-16-14-46/h10-11,17-20,46H,7-9,12-16H2,1-6H3,(H,48,49). The molecule has 3 aromatic carbocycles. The Morgan fingerprint density at radius 2 is 1.71 bits per heavy atom. The van der Waals surface area contributed by atoms with Crippen molar-refractivity contribution in [3.05, 3.63) is 85.8 Å². The summed E-state index contributed by atoms with van der Waals surface area (Å²) < 4.78 is 21.5. The van der Waals surface area contributed by atoms with Gasteiger partial charge in [-0.25, -0.2) is 4.79 Å². The molecule has 2 aromatic heterocycles. The van der Waals surface area contributed by atoms with Crippen molar-refractivity contribution in [2.45, 2.75) is 53.5 Å². The van der Waals surface area contributed by atoms with Gasteiger partial charge in [-0.2, -0.15) is 5.10 Å². The number of amides is 1. The van der Waals surface area contributed by atoms with Crippen molar-refractivity contribution in [2.24, 2.45) is 7.05 Å². The minimum Gasteiger partial charge on any atom is -0.494 e. The number of anilines is 1. The molecule has 0 bridgehead atoms. The van der Waals surface area contributed by atoms with Gasteiger partial charge in [0.1, 0.15) is 18.1 Å². The number of methoxy groups -OCH3 is 1. The third kappa shape index (κ3) is 6.68. The average molecular weight is 750 g/mol. The number of aliphatic hydroxyl groups is 1. The first-order valence-corrected chi connectivity index (χ1v) is 17.9. The van der Waals surface area contributed by atoms with Gasteiger partial charge >= 0.3 is 5.97 Å². The van der Waals surface area contributed by atoms with Crippen LogP contribution in [0.5, 0.6) is 17.2 Å². The molecule has 0 unspecified atom stereocenters. The molecule has 274 valence electrons. The van der Waals surface area contributed by atoms with E-state index in [4.69, 9.17) is 37.4 Å². The van der Waals surface area contributed by atoms with Gasteiger partial charge in [-0.1, -0.05) is 29.3 Å². The van der Waals surface area contributed by atoms with E-state index >= 15 is 4.79 Å². The molecule has 0 aliphatic carbocycles. The molecule has 0 saturated carbocycles. The lowest BCUT2D eigenvalue weighted by molar-refractivity contribution is 0.0695. The number of halogens is 2. The number of ether oxygens (including phenoxy) is 3. The number of hydrogen-bond donors (Lipinski definition) is 2. The Kier molecular flexibility index (Phi) is 10.8. The first-order chi connectivity index (χ1) is 24.9. The van der Waals surface area contributed by atoms with Crippen LogP contribution in [-0.2, 0) is 20.0 Å². The molecule has 0 saturated heterocycles. The van der Waals surface area contributed by atoms with E-state index in [9.17, 15) is 15.0 Å². The minimum absolute atomic E-state index is 0.0672. The SMILES string of the molecule is COc1cc(C(=O)O)cc(N2CCCn3c(c(CCCOc4cc(C)c(Cl)c(C)c4)c4ccc(Cl)c(-c5c(C)nn(C)c5C)c43)C2=O)c1OCCO. The molecule has 13 heteroatoms. The summed E-state index contributed by atoms with van der Waals surface area (Å²) in [7, 11) is 3.30.